The van der Waals surface area contributed by atoms with Crippen LogP contribution in [-0.4, -0.2) is 52.4 Å². The molecular formula is C10H12FN5S. The highest BCUT2D eigenvalue weighted by molar-refractivity contribution is 7.22. The van der Waals surface area contributed by atoms with Gasteiger partial charge in [0.2, 0.25) is 0 Å². The Balaban J connectivity index is 1.80. The highest BCUT2D eigenvalue weighted by Crippen LogP contribution is 2.25. The van der Waals surface area contributed by atoms with Crippen LogP contribution in [0.2, 0.25) is 0 Å². The summed E-state index contributed by atoms with van der Waals surface area (Å²) >= 11 is 1.48. The van der Waals surface area contributed by atoms with Crippen molar-refractivity contribution in [3.63, 3.8) is 0 Å². The van der Waals surface area contributed by atoms with E-state index in [2.05, 4.69) is 20.5 Å². The average molecular weight is 253 g/mol. The third-order valence-electron chi connectivity index (χ3n) is 2.82. The molecule has 0 bridgehead atoms. The predicted octanol–water partition coefficient (Wildman–Crippen LogP) is 1.15. The first kappa shape index (κ1) is 10.8. The Morgan fingerprint density at radius 2 is 2.41 bits per heavy atom. The molecule has 5 nitrogen and oxygen atoms in total. The molecule has 90 valence electrons. The number of hydrogen-bond donors (Lipinski definition) is 1. The maximum Gasteiger partial charge on any atom is 0.194 e. The molecule has 1 N–H and O–H groups in total. The fraction of sp³-hybridized carbons (Fsp3) is 0.500. The van der Waals surface area contributed by atoms with Crippen LogP contribution in [0.1, 0.15) is 0 Å². The van der Waals surface area contributed by atoms with E-state index in [1.807, 2.05) is 18.0 Å². The Bertz CT molecular complexity index is 497. The van der Waals surface area contributed by atoms with Gasteiger partial charge in [0.05, 0.1) is 16.9 Å². The Kier molecular flexibility index (Phi) is 2.64. The molecule has 2 atom stereocenters. The van der Waals surface area contributed by atoms with Crippen molar-refractivity contribution in [3.8, 4) is 0 Å². The summed E-state index contributed by atoms with van der Waals surface area (Å²) in [6.45, 7) is 1.17. The van der Waals surface area contributed by atoms with Gasteiger partial charge < -0.3 is 10.2 Å². The van der Waals surface area contributed by atoms with Crippen LogP contribution < -0.4 is 5.32 Å². The molecule has 1 fully saturated rings. The minimum atomic E-state index is -0.849. The minimum absolute atomic E-state index is 0.187. The summed E-state index contributed by atoms with van der Waals surface area (Å²) in [5.74, 6) is 0. The van der Waals surface area contributed by atoms with Gasteiger partial charge in [-0.2, -0.15) is 10.1 Å². The molecule has 3 rings (SSSR count). The highest BCUT2D eigenvalue weighted by atomic mass is 32.1. The number of likely N-dealkylation sites (tertiary alicyclic amines) is 1. The fourth-order valence-electron chi connectivity index (χ4n) is 2.00. The maximum absolute atomic E-state index is 13.6. The SMILES string of the molecule is CN1C[C@H](Nc2nc3nnccc3s2)[C@@H](F)C1. The Morgan fingerprint density at radius 1 is 1.53 bits per heavy atom. The third kappa shape index (κ3) is 2.07. The second-order valence-corrected chi connectivity index (χ2v) is 5.26. The second kappa shape index (κ2) is 4.15. The molecule has 0 amide bonds. The van der Waals surface area contributed by atoms with Crippen molar-refractivity contribution < 1.29 is 4.39 Å². The van der Waals surface area contributed by atoms with Crippen LogP contribution in [0.3, 0.4) is 0 Å². The quantitative estimate of drug-likeness (QED) is 0.870. The summed E-state index contributed by atoms with van der Waals surface area (Å²) in [5.41, 5.74) is 0.613. The lowest BCUT2D eigenvalue weighted by molar-refractivity contribution is 0.314. The van der Waals surface area contributed by atoms with Gasteiger partial charge in [0.25, 0.3) is 0 Å². The lowest BCUT2D eigenvalue weighted by Crippen LogP contribution is -2.29. The maximum atomic E-state index is 13.6. The number of thiazole rings is 1. The van der Waals surface area contributed by atoms with Crippen molar-refractivity contribution in [2.24, 2.45) is 0 Å². The summed E-state index contributed by atoms with van der Waals surface area (Å²) in [4.78, 5) is 6.25. The molecule has 0 aliphatic carbocycles. The standard InChI is InChI=1S/C10H12FN5S/c1-16-4-6(11)7(5-16)13-10-14-9-8(17-10)2-3-12-15-9/h2-3,6-7H,4-5H2,1H3,(H,13,14,15)/t6-,7-/m0/s1. The first-order valence-electron chi connectivity index (χ1n) is 5.40. The van der Waals surface area contributed by atoms with E-state index in [0.29, 0.717) is 23.9 Å². The Hall–Kier alpha value is -1.34. The van der Waals surface area contributed by atoms with Crippen LogP contribution in [0.25, 0.3) is 10.3 Å². The number of anilines is 1. The summed E-state index contributed by atoms with van der Waals surface area (Å²) in [5, 5.41) is 11.5. The highest BCUT2D eigenvalue weighted by Gasteiger charge is 2.31. The molecule has 3 heterocycles. The fourth-order valence-corrected chi connectivity index (χ4v) is 2.86. The average Bonchev–Trinajstić information content (AvgIpc) is 2.82. The minimum Gasteiger partial charge on any atom is -0.354 e. The second-order valence-electron chi connectivity index (χ2n) is 4.23. The first-order chi connectivity index (χ1) is 8.22. The molecule has 7 heteroatoms. The summed E-state index contributed by atoms with van der Waals surface area (Å²) in [7, 11) is 1.91. The Labute approximate surface area is 102 Å². The van der Waals surface area contributed by atoms with Crippen LogP contribution in [0.5, 0.6) is 0 Å². The van der Waals surface area contributed by atoms with Crippen molar-refractivity contribution in [1.82, 2.24) is 20.1 Å². The zero-order valence-corrected chi connectivity index (χ0v) is 10.1. The number of aromatic nitrogens is 3. The molecule has 17 heavy (non-hydrogen) atoms. The number of alkyl halides is 1. The van der Waals surface area contributed by atoms with Gasteiger partial charge in [0.15, 0.2) is 10.8 Å². The van der Waals surface area contributed by atoms with Gasteiger partial charge in [-0.3, -0.25) is 0 Å². The lowest BCUT2D eigenvalue weighted by Gasteiger charge is -2.12. The molecule has 0 aromatic carbocycles. The van der Waals surface area contributed by atoms with Crippen molar-refractivity contribution in [2.45, 2.75) is 12.2 Å². The van der Waals surface area contributed by atoms with Gasteiger partial charge in [0.1, 0.15) is 6.17 Å². The van der Waals surface area contributed by atoms with Crippen LogP contribution in [0, 0.1) is 0 Å². The van der Waals surface area contributed by atoms with Gasteiger partial charge in [-0.05, 0) is 13.1 Å². The number of hydrogen-bond acceptors (Lipinski definition) is 6. The zero-order chi connectivity index (χ0) is 11.8. The van der Waals surface area contributed by atoms with Crippen molar-refractivity contribution in [3.05, 3.63) is 12.3 Å². The summed E-state index contributed by atoms with van der Waals surface area (Å²) < 4.78 is 14.6. The van der Waals surface area contributed by atoms with E-state index in [-0.39, 0.29) is 6.04 Å². The van der Waals surface area contributed by atoms with Crippen molar-refractivity contribution in [2.75, 3.05) is 25.5 Å². The van der Waals surface area contributed by atoms with Gasteiger partial charge in [-0.15, -0.1) is 5.10 Å². The van der Waals surface area contributed by atoms with E-state index < -0.39 is 6.17 Å². The molecule has 1 saturated heterocycles. The largest absolute Gasteiger partial charge is 0.354 e. The van der Waals surface area contributed by atoms with Crippen LogP contribution in [0.15, 0.2) is 12.3 Å². The zero-order valence-electron chi connectivity index (χ0n) is 9.30. The van der Waals surface area contributed by atoms with Crippen molar-refractivity contribution in [1.29, 1.82) is 0 Å². The number of likely N-dealkylation sites (N-methyl/N-ethyl adjacent to an activating group) is 1. The number of nitrogens with one attached hydrogen (secondary N) is 1. The molecule has 2 aromatic heterocycles. The monoisotopic (exact) mass is 253 g/mol. The van der Waals surface area contributed by atoms with Gasteiger partial charge in [-0.25, -0.2) is 4.39 Å². The van der Waals surface area contributed by atoms with E-state index in [1.54, 1.807) is 6.20 Å². The van der Waals surface area contributed by atoms with E-state index in [9.17, 15) is 4.39 Å². The molecule has 0 unspecified atom stereocenters. The molecule has 0 spiro atoms. The van der Waals surface area contributed by atoms with Crippen LogP contribution >= 0.6 is 11.3 Å². The molecule has 1 aliphatic rings. The molecular weight excluding hydrogens is 241 g/mol. The van der Waals surface area contributed by atoms with Crippen LogP contribution in [0.4, 0.5) is 9.52 Å². The summed E-state index contributed by atoms with van der Waals surface area (Å²) in [6, 6.07) is 1.67. The lowest BCUT2D eigenvalue weighted by atomic mass is 10.2. The molecule has 0 radical (unpaired) electrons. The van der Waals surface area contributed by atoms with Crippen LogP contribution in [-0.2, 0) is 0 Å². The van der Waals surface area contributed by atoms with Gasteiger partial charge >= 0.3 is 0 Å². The number of nitrogens with zero attached hydrogens (tertiary/aromatic N) is 4. The van der Waals surface area contributed by atoms with E-state index in [1.165, 1.54) is 11.3 Å². The van der Waals surface area contributed by atoms with Crippen molar-refractivity contribution >= 4 is 26.8 Å². The van der Waals surface area contributed by atoms with E-state index >= 15 is 0 Å². The molecule has 2 aromatic rings. The van der Waals surface area contributed by atoms with E-state index in [4.69, 9.17) is 0 Å². The van der Waals surface area contributed by atoms with Gasteiger partial charge in [-0.1, -0.05) is 11.3 Å². The van der Waals surface area contributed by atoms with Gasteiger partial charge in [0, 0.05) is 13.1 Å². The third-order valence-corrected chi connectivity index (χ3v) is 3.76. The number of fused-ring (bicyclic) bond motifs is 1. The Morgan fingerprint density at radius 3 is 3.12 bits per heavy atom. The number of halogens is 1. The summed E-state index contributed by atoms with van der Waals surface area (Å²) in [6.07, 6.45) is 0.782. The topological polar surface area (TPSA) is 53.9 Å². The number of rotatable bonds is 2. The van der Waals surface area contributed by atoms with E-state index in [0.717, 1.165) is 4.70 Å². The molecule has 0 saturated carbocycles. The normalized spacial score (nSPS) is 25.5. The smallest absolute Gasteiger partial charge is 0.194 e. The predicted molar refractivity (Wildman–Crippen MR) is 65.0 cm³/mol. The first-order valence-corrected chi connectivity index (χ1v) is 6.21. The molecule has 1 aliphatic heterocycles.